The van der Waals surface area contributed by atoms with E-state index in [1.165, 1.54) is 11.1 Å². The van der Waals surface area contributed by atoms with Crippen LogP contribution in [0.1, 0.15) is 21.6 Å². The smallest absolute Gasteiger partial charge is 0.268 e. The standard InChI is InChI=1S/C18H17BrN2OS/c1-3-8-20-18(22)15-9-16-14(10-17(19)23-16)21(15)11-13-6-4-12(2)5-7-13/h3-7,9-10H,1,8,11H2,2H3,(H,20,22). The maximum atomic E-state index is 12.4. The number of carbonyl (C=O) groups excluding carboxylic acids is 1. The van der Waals surface area contributed by atoms with Crippen LogP contribution in [0.3, 0.4) is 0 Å². The number of thiophene rings is 1. The number of amides is 1. The summed E-state index contributed by atoms with van der Waals surface area (Å²) in [7, 11) is 0. The van der Waals surface area contributed by atoms with E-state index in [1.54, 1.807) is 17.4 Å². The Kier molecular flexibility index (Phi) is 4.68. The third-order valence-electron chi connectivity index (χ3n) is 3.66. The van der Waals surface area contributed by atoms with Gasteiger partial charge in [-0.1, -0.05) is 35.9 Å². The van der Waals surface area contributed by atoms with Gasteiger partial charge in [-0.15, -0.1) is 17.9 Å². The van der Waals surface area contributed by atoms with Crippen molar-refractivity contribution in [3.63, 3.8) is 0 Å². The Morgan fingerprint density at radius 2 is 2.09 bits per heavy atom. The zero-order valence-electron chi connectivity index (χ0n) is 12.8. The average molecular weight is 389 g/mol. The van der Waals surface area contributed by atoms with E-state index < -0.39 is 0 Å². The van der Waals surface area contributed by atoms with Gasteiger partial charge in [-0.3, -0.25) is 4.79 Å². The lowest BCUT2D eigenvalue weighted by atomic mass is 10.1. The van der Waals surface area contributed by atoms with E-state index in [4.69, 9.17) is 0 Å². The molecule has 0 unspecified atom stereocenters. The van der Waals surface area contributed by atoms with Gasteiger partial charge in [-0.2, -0.15) is 0 Å². The number of rotatable bonds is 5. The quantitative estimate of drug-likeness (QED) is 0.629. The normalized spacial score (nSPS) is 10.9. The molecule has 1 amide bonds. The van der Waals surface area contributed by atoms with Gasteiger partial charge in [-0.05, 0) is 40.5 Å². The van der Waals surface area contributed by atoms with Crippen molar-refractivity contribution in [3.8, 4) is 0 Å². The molecule has 0 aliphatic rings. The average Bonchev–Trinajstić information content (AvgIpc) is 3.04. The van der Waals surface area contributed by atoms with Crippen molar-refractivity contribution in [3.05, 3.63) is 69.7 Å². The van der Waals surface area contributed by atoms with E-state index >= 15 is 0 Å². The van der Waals surface area contributed by atoms with Crippen LogP contribution >= 0.6 is 27.3 Å². The molecule has 23 heavy (non-hydrogen) atoms. The van der Waals surface area contributed by atoms with Gasteiger partial charge in [0.05, 0.1) is 14.0 Å². The summed E-state index contributed by atoms with van der Waals surface area (Å²) in [5.41, 5.74) is 4.16. The second-order valence-electron chi connectivity index (χ2n) is 5.40. The zero-order chi connectivity index (χ0) is 16.4. The fraction of sp³-hybridized carbons (Fsp3) is 0.167. The van der Waals surface area contributed by atoms with Crippen molar-refractivity contribution < 1.29 is 4.79 Å². The predicted octanol–water partition coefficient (Wildman–Crippen LogP) is 4.74. The largest absolute Gasteiger partial charge is 0.347 e. The van der Waals surface area contributed by atoms with Gasteiger partial charge in [0, 0.05) is 13.1 Å². The molecule has 0 bridgehead atoms. The number of nitrogens with zero attached hydrogens (tertiary/aromatic N) is 1. The van der Waals surface area contributed by atoms with E-state index in [2.05, 4.69) is 69.6 Å². The maximum absolute atomic E-state index is 12.4. The van der Waals surface area contributed by atoms with Crippen LogP contribution in [0.2, 0.25) is 0 Å². The number of halogens is 1. The highest BCUT2D eigenvalue weighted by molar-refractivity contribution is 9.11. The monoisotopic (exact) mass is 388 g/mol. The SMILES string of the molecule is C=CCNC(=O)c1cc2sc(Br)cc2n1Cc1ccc(C)cc1. The number of aromatic nitrogens is 1. The van der Waals surface area contributed by atoms with E-state index in [0.29, 0.717) is 18.8 Å². The molecular formula is C18H17BrN2OS. The highest BCUT2D eigenvalue weighted by atomic mass is 79.9. The van der Waals surface area contributed by atoms with Crippen molar-refractivity contribution in [2.75, 3.05) is 6.54 Å². The van der Waals surface area contributed by atoms with Crippen LogP contribution < -0.4 is 5.32 Å². The predicted molar refractivity (Wildman–Crippen MR) is 100 cm³/mol. The van der Waals surface area contributed by atoms with Crippen molar-refractivity contribution in [1.29, 1.82) is 0 Å². The third kappa shape index (κ3) is 3.41. The van der Waals surface area contributed by atoms with Crippen LogP contribution in [-0.4, -0.2) is 17.0 Å². The second-order valence-corrected chi connectivity index (χ2v) is 7.86. The summed E-state index contributed by atoms with van der Waals surface area (Å²) in [6, 6.07) is 12.4. The number of nitrogens with one attached hydrogen (secondary N) is 1. The molecule has 2 heterocycles. The lowest BCUT2D eigenvalue weighted by Crippen LogP contribution is -2.26. The summed E-state index contributed by atoms with van der Waals surface area (Å²) in [4.78, 5) is 12.4. The van der Waals surface area contributed by atoms with E-state index in [1.807, 2.05) is 6.07 Å². The van der Waals surface area contributed by atoms with Crippen LogP contribution in [0.15, 0.2) is 52.8 Å². The van der Waals surface area contributed by atoms with Crippen molar-refractivity contribution in [2.45, 2.75) is 13.5 Å². The summed E-state index contributed by atoms with van der Waals surface area (Å²) in [6.07, 6.45) is 1.68. The molecule has 1 aromatic carbocycles. The Bertz CT molecular complexity index is 861. The highest BCUT2D eigenvalue weighted by Crippen LogP contribution is 2.33. The van der Waals surface area contributed by atoms with Gasteiger partial charge in [0.2, 0.25) is 0 Å². The first-order valence-corrected chi connectivity index (χ1v) is 8.92. The molecule has 0 saturated heterocycles. The van der Waals surface area contributed by atoms with Gasteiger partial charge in [0.25, 0.3) is 5.91 Å². The number of benzene rings is 1. The molecule has 0 radical (unpaired) electrons. The van der Waals surface area contributed by atoms with E-state index in [9.17, 15) is 4.79 Å². The lowest BCUT2D eigenvalue weighted by Gasteiger charge is -2.10. The molecule has 3 nitrogen and oxygen atoms in total. The topological polar surface area (TPSA) is 34.0 Å². The van der Waals surface area contributed by atoms with Gasteiger partial charge in [0.15, 0.2) is 0 Å². The number of fused-ring (bicyclic) bond motifs is 1. The second kappa shape index (κ2) is 6.72. The molecule has 2 aromatic heterocycles. The summed E-state index contributed by atoms with van der Waals surface area (Å²) in [5.74, 6) is -0.0727. The van der Waals surface area contributed by atoms with Crippen LogP contribution in [0.25, 0.3) is 10.2 Å². The van der Waals surface area contributed by atoms with Crippen molar-refractivity contribution in [2.24, 2.45) is 0 Å². The first kappa shape index (κ1) is 16.0. The van der Waals surface area contributed by atoms with Crippen LogP contribution in [0.5, 0.6) is 0 Å². The molecular weight excluding hydrogens is 372 g/mol. The first-order chi connectivity index (χ1) is 11.1. The minimum atomic E-state index is -0.0727. The molecule has 0 aliphatic heterocycles. The third-order valence-corrected chi connectivity index (χ3v) is 5.23. The molecule has 0 atom stereocenters. The van der Waals surface area contributed by atoms with Gasteiger partial charge in [0.1, 0.15) is 5.69 Å². The van der Waals surface area contributed by atoms with Gasteiger partial charge >= 0.3 is 0 Å². The Labute approximate surface area is 147 Å². The van der Waals surface area contributed by atoms with E-state index in [-0.39, 0.29) is 5.91 Å². The summed E-state index contributed by atoms with van der Waals surface area (Å²) in [5, 5.41) is 2.86. The molecule has 118 valence electrons. The minimum absolute atomic E-state index is 0.0727. The zero-order valence-corrected chi connectivity index (χ0v) is 15.2. The van der Waals surface area contributed by atoms with Gasteiger partial charge < -0.3 is 9.88 Å². The molecule has 5 heteroatoms. The van der Waals surface area contributed by atoms with Gasteiger partial charge in [-0.25, -0.2) is 0 Å². The number of aryl methyl sites for hydroxylation is 1. The molecule has 3 aromatic rings. The van der Waals surface area contributed by atoms with Crippen LogP contribution in [-0.2, 0) is 6.54 Å². The Morgan fingerprint density at radius 3 is 2.78 bits per heavy atom. The van der Waals surface area contributed by atoms with Crippen molar-refractivity contribution >= 4 is 43.4 Å². The molecule has 0 fully saturated rings. The Hall–Kier alpha value is -1.85. The molecule has 1 N–H and O–H groups in total. The fourth-order valence-electron chi connectivity index (χ4n) is 2.50. The van der Waals surface area contributed by atoms with E-state index in [0.717, 1.165) is 14.0 Å². The number of carbonyl (C=O) groups is 1. The first-order valence-electron chi connectivity index (χ1n) is 7.31. The summed E-state index contributed by atoms with van der Waals surface area (Å²) < 4.78 is 4.24. The lowest BCUT2D eigenvalue weighted by molar-refractivity contribution is 0.0949. The molecule has 0 aliphatic carbocycles. The van der Waals surface area contributed by atoms with Crippen LogP contribution in [0, 0.1) is 6.92 Å². The number of hydrogen-bond acceptors (Lipinski definition) is 2. The Morgan fingerprint density at radius 1 is 1.35 bits per heavy atom. The maximum Gasteiger partial charge on any atom is 0.268 e. The molecule has 0 saturated carbocycles. The summed E-state index contributed by atoms with van der Waals surface area (Å²) in [6.45, 7) is 6.85. The highest BCUT2D eigenvalue weighted by Gasteiger charge is 2.17. The summed E-state index contributed by atoms with van der Waals surface area (Å²) >= 11 is 5.16. The molecule has 3 rings (SSSR count). The van der Waals surface area contributed by atoms with Crippen molar-refractivity contribution in [1.82, 2.24) is 9.88 Å². The van der Waals surface area contributed by atoms with Crippen LogP contribution in [0.4, 0.5) is 0 Å². The molecule has 0 spiro atoms. The Balaban J connectivity index is 2.02. The minimum Gasteiger partial charge on any atom is -0.347 e. The fourth-order valence-corrected chi connectivity index (χ4v) is 4.07. The number of hydrogen-bond donors (Lipinski definition) is 1.